The number of rotatable bonds is 3. The third-order valence-corrected chi connectivity index (χ3v) is 3.65. The molecule has 20 heavy (non-hydrogen) atoms. The Morgan fingerprint density at radius 2 is 1.90 bits per heavy atom. The molecule has 3 rings (SSSR count). The zero-order valence-corrected chi connectivity index (χ0v) is 11.3. The lowest BCUT2D eigenvalue weighted by molar-refractivity contribution is -0.130. The summed E-state index contributed by atoms with van der Waals surface area (Å²) in [6.45, 7) is 2.11. The second-order valence-electron chi connectivity index (χ2n) is 5.09. The van der Waals surface area contributed by atoms with Crippen LogP contribution in [0, 0.1) is 0 Å². The van der Waals surface area contributed by atoms with Crippen molar-refractivity contribution in [2.24, 2.45) is 0 Å². The second kappa shape index (κ2) is 5.36. The zero-order valence-electron chi connectivity index (χ0n) is 11.3. The maximum atomic E-state index is 12.2. The lowest BCUT2D eigenvalue weighted by atomic mass is 10.2. The zero-order chi connectivity index (χ0) is 13.9. The van der Waals surface area contributed by atoms with Crippen molar-refractivity contribution in [3.63, 3.8) is 0 Å². The van der Waals surface area contributed by atoms with Gasteiger partial charge >= 0.3 is 0 Å². The van der Waals surface area contributed by atoms with Gasteiger partial charge in [0, 0.05) is 36.7 Å². The summed E-state index contributed by atoms with van der Waals surface area (Å²) in [7, 11) is 0. The van der Waals surface area contributed by atoms with Gasteiger partial charge in [0.15, 0.2) is 0 Å². The molecule has 0 spiro atoms. The summed E-state index contributed by atoms with van der Waals surface area (Å²) in [4.78, 5) is 18.5. The van der Waals surface area contributed by atoms with Gasteiger partial charge in [-0.2, -0.15) is 0 Å². The Kier molecular flexibility index (Phi) is 3.41. The molecule has 1 aromatic heterocycles. The van der Waals surface area contributed by atoms with E-state index in [-0.39, 0.29) is 5.91 Å². The molecule has 1 aliphatic heterocycles. The van der Waals surface area contributed by atoms with Crippen LogP contribution in [0.5, 0.6) is 0 Å². The highest BCUT2D eigenvalue weighted by Gasteiger charge is 2.19. The van der Waals surface area contributed by atoms with E-state index in [0.717, 1.165) is 43.0 Å². The van der Waals surface area contributed by atoms with Crippen LogP contribution in [-0.4, -0.2) is 33.4 Å². The Balaban J connectivity index is 1.79. The fraction of sp³-hybridized carbons (Fsp3) is 0.333. The average Bonchev–Trinajstić information content (AvgIpc) is 3.10. The highest BCUT2D eigenvalue weighted by atomic mass is 16.2. The molecule has 0 bridgehead atoms. The van der Waals surface area contributed by atoms with Gasteiger partial charge in [-0.3, -0.25) is 4.79 Å². The van der Waals surface area contributed by atoms with Crippen LogP contribution in [0.1, 0.15) is 12.8 Å². The van der Waals surface area contributed by atoms with E-state index in [2.05, 4.69) is 4.98 Å². The SMILES string of the molecule is Nc1ccc(-c2nccn2CC(=O)N2CCCC2)cc1. The first kappa shape index (κ1) is 12.7. The number of nitrogen functional groups attached to an aromatic ring is 1. The molecule has 5 heteroatoms. The summed E-state index contributed by atoms with van der Waals surface area (Å²) < 4.78 is 1.90. The van der Waals surface area contributed by atoms with E-state index in [9.17, 15) is 4.79 Å². The van der Waals surface area contributed by atoms with Gasteiger partial charge in [-0.25, -0.2) is 4.98 Å². The molecule has 0 atom stereocenters. The number of likely N-dealkylation sites (tertiary alicyclic amines) is 1. The standard InChI is InChI=1S/C15H18N4O/c16-13-5-3-12(4-6-13)15-17-7-10-19(15)11-14(20)18-8-1-2-9-18/h3-7,10H,1-2,8-9,11,16H2. The van der Waals surface area contributed by atoms with Crippen molar-refractivity contribution in [1.82, 2.24) is 14.5 Å². The summed E-state index contributed by atoms with van der Waals surface area (Å²) in [6.07, 6.45) is 5.80. The number of aromatic nitrogens is 2. The second-order valence-corrected chi connectivity index (χ2v) is 5.09. The molecule has 0 radical (unpaired) electrons. The van der Waals surface area contributed by atoms with E-state index in [1.807, 2.05) is 39.9 Å². The monoisotopic (exact) mass is 270 g/mol. The van der Waals surface area contributed by atoms with E-state index < -0.39 is 0 Å². The molecule has 1 aromatic carbocycles. The highest BCUT2D eigenvalue weighted by molar-refractivity contribution is 5.77. The number of carbonyl (C=O) groups excluding carboxylic acids is 1. The van der Waals surface area contributed by atoms with Gasteiger partial charge < -0.3 is 15.2 Å². The molecule has 1 fully saturated rings. The van der Waals surface area contributed by atoms with Crippen molar-refractivity contribution >= 4 is 11.6 Å². The third kappa shape index (κ3) is 2.52. The van der Waals surface area contributed by atoms with E-state index in [1.54, 1.807) is 6.20 Å². The molecule has 2 heterocycles. The Hall–Kier alpha value is -2.30. The maximum Gasteiger partial charge on any atom is 0.242 e. The molecule has 2 aromatic rings. The maximum absolute atomic E-state index is 12.2. The van der Waals surface area contributed by atoms with Crippen LogP contribution in [0.15, 0.2) is 36.7 Å². The normalized spacial score (nSPS) is 14.7. The largest absolute Gasteiger partial charge is 0.399 e. The van der Waals surface area contributed by atoms with Gasteiger partial charge in [-0.1, -0.05) is 0 Å². The first-order valence-corrected chi connectivity index (χ1v) is 6.89. The van der Waals surface area contributed by atoms with Crippen LogP contribution < -0.4 is 5.73 Å². The lowest BCUT2D eigenvalue weighted by Crippen LogP contribution is -2.31. The van der Waals surface area contributed by atoms with Gasteiger partial charge in [-0.05, 0) is 37.1 Å². The predicted molar refractivity (Wildman–Crippen MR) is 77.9 cm³/mol. The Morgan fingerprint density at radius 3 is 2.60 bits per heavy atom. The van der Waals surface area contributed by atoms with Crippen LogP contribution in [0.3, 0.4) is 0 Å². The summed E-state index contributed by atoms with van der Waals surface area (Å²) in [6, 6.07) is 7.54. The molecule has 0 aliphatic carbocycles. The quantitative estimate of drug-likeness (QED) is 0.864. The van der Waals surface area contributed by atoms with Gasteiger partial charge in [-0.15, -0.1) is 0 Å². The van der Waals surface area contributed by atoms with Crippen molar-refractivity contribution in [2.75, 3.05) is 18.8 Å². The number of nitrogens with two attached hydrogens (primary N) is 1. The summed E-state index contributed by atoms with van der Waals surface area (Å²) in [5.41, 5.74) is 7.39. The van der Waals surface area contributed by atoms with Gasteiger partial charge in [0.2, 0.25) is 5.91 Å². The van der Waals surface area contributed by atoms with Crippen molar-refractivity contribution in [3.8, 4) is 11.4 Å². The fourth-order valence-corrected chi connectivity index (χ4v) is 2.54. The number of amides is 1. The number of hydrogen-bond acceptors (Lipinski definition) is 3. The van der Waals surface area contributed by atoms with Crippen LogP contribution in [0.25, 0.3) is 11.4 Å². The Labute approximate surface area is 118 Å². The third-order valence-electron chi connectivity index (χ3n) is 3.65. The molecule has 5 nitrogen and oxygen atoms in total. The predicted octanol–water partition coefficient (Wildman–Crippen LogP) is 1.75. The van der Waals surface area contributed by atoms with E-state index in [0.29, 0.717) is 6.54 Å². The minimum Gasteiger partial charge on any atom is -0.399 e. The van der Waals surface area contributed by atoms with Gasteiger partial charge in [0.05, 0.1) is 0 Å². The lowest BCUT2D eigenvalue weighted by Gasteiger charge is -2.16. The smallest absolute Gasteiger partial charge is 0.242 e. The molecule has 104 valence electrons. The van der Waals surface area contributed by atoms with Crippen LogP contribution >= 0.6 is 0 Å². The minimum absolute atomic E-state index is 0.164. The molecule has 1 amide bonds. The molecule has 0 saturated carbocycles. The Bertz CT molecular complexity index is 597. The fourth-order valence-electron chi connectivity index (χ4n) is 2.54. The molecular weight excluding hydrogens is 252 g/mol. The molecular formula is C15H18N4O. The van der Waals surface area contributed by atoms with Crippen LogP contribution in [0.4, 0.5) is 5.69 Å². The number of hydrogen-bond donors (Lipinski definition) is 1. The van der Waals surface area contributed by atoms with Gasteiger partial charge in [0.25, 0.3) is 0 Å². The first-order valence-electron chi connectivity index (χ1n) is 6.89. The summed E-state index contributed by atoms with van der Waals surface area (Å²) >= 11 is 0. The van der Waals surface area contributed by atoms with Crippen molar-refractivity contribution in [1.29, 1.82) is 0 Å². The number of nitrogens with zero attached hydrogens (tertiary/aromatic N) is 3. The summed E-state index contributed by atoms with van der Waals surface area (Å²) in [5.74, 6) is 0.967. The number of anilines is 1. The van der Waals surface area contributed by atoms with Crippen LogP contribution in [0.2, 0.25) is 0 Å². The summed E-state index contributed by atoms with van der Waals surface area (Å²) in [5, 5.41) is 0. The molecule has 1 saturated heterocycles. The number of carbonyl (C=O) groups is 1. The van der Waals surface area contributed by atoms with E-state index in [1.165, 1.54) is 0 Å². The topological polar surface area (TPSA) is 64.1 Å². The minimum atomic E-state index is 0.164. The number of benzene rings is 1. The van der Waals surface area contributed by atoms with Crippen molar-refractivity contribution in [2.45, 2.75) is 19.4 Å². The van der Waals surface area contributed by atoms with Crippen LogP contribution in [-0.2, 0) is 11.3 Å². The molecule has 2 N–H and O–H groups in total. The van der Waals surface area contributed by atoms with Crippen molar-refractivity contribution < 1.29 is 4.79 Å². The Morgan fingerprint density at radius 1 is 1.20 bits per heavy atom. The van der Waals surface area contributed by atoms with E-state index in [4.69, 9.17) is 5.73 Å². The van der Waals surface area contributed by atoms with Crippen molar-refractivity contribution in [3.05, 3.63) is 36.7 Å². The van der Waals surface area contributed by atoms with E-state index >= 15 is 0 Å². The number of imidazole rings is 1. The van der Waals surface area contributed by atoms with Gasteiger partial charge in [0.1, 0.15) is 12.4 Å². The molecule has 1 aliphatic rings. The average molecular weight is 270 g/mol. The molecule has 0 unspecified atom stereocenters. The first-order chi connectivity index (χ1) is 9.74. The highest BCUT2D eigenvalue weighted by Crippen LogP contribution is 2.19.